The number of alkyl halides is 6. The van der Waals surface area contributed by atoms with Crippen LogP contribution in [0, 0.1) is 13.8 Å². The van der Waals surface area contributed by atoms with Gasteiger partial charge in [0.05, 0.1) is 0 Å². The van der Waals surface area contributed by atoms with Crippen molar-refractivity contribution >= 4 is 3.26 Å². The van der Waals surface area contributed by atoms with E-state index in [1.807, 2.05) is 6.08 Å². The topological polar surface area (TPSA) is 0 Å². The molecule has 0 heterocycles. The summed E-state index contributed by atoms with van der Waals surface area (Å²) in [6.07, 6.45) is -2.01. The van der Waals surface area contributed by atoms with Crippen molar-refractivity contribution in [1.82, 2.24) is 0 Å². The standard InChI is InChI=1S/C23H29.C15H8F6.C5H5.2ClH.Hf/c1-14-9-16-11-17-10-15(2)21(23(6,7)8)13-19(17)18(16)12-20(14)22(3,4)5;16-14(17,18)12-5-1-10(2-6-12)9-11-3-7-13(8-4-11)15(19,20)21;1-2-4-5-3-1;;;/h9-13H,1-8H3;1-8H;1-3H,4H2;2*1H;/q;;;;;+2/p-2. The Morgan fingerprint density at radius 2 is 0.981 bits per heavy atom. The van der Waals surface area contributed by atoms with Crippen LogP contribution < -0.4 is 24.8 Å². The van der Waals surface area contributed by atoms with Crippen LogP contribution >= 0.6 is 0 Å². The summed E-state index contributed by atoms with van der Waals surface area (Å²) >= 11 is -3.63. The van der Waals surface area contributed by atoms with Gasteiger partial charge in [-0.1, -0.05) is 0 Å². The van der Waals surface area contributed by atoms with Crippen LogP contribution in [0.3, 0.4) is 0 Å². The third kappa shape index (κ3) is 8.03. The molecule has 0 saturated heterocycles. The molecule has 4 aromatic carbocycles. The van der Waals surface area contributed by atoms with E-state index >= 15 is 0 Å². The van der Waals surface area contributed by atoms with Gasteiger partial charge in [0.2, 0.25) is 0 Å². The monoisotopic (exact) mass is 922 g/mol. The molecule has 9 heteroatoms. The van der Waals surface area contributed by atoms with Crippen molar-refractivity contribution in [2.45, 2.75) is 88.7 Å². The van der Waals surface area contributed by atoms with E-state index in [9.17, 15) is 26.3 Å². The molecule has 0 saturated carbocycles. The maximum absolute atomic E-state index is 13.8. The van der Waals surface area contributed by atoms with E-state index in [0.717, 1.165) is 27.5 Å². The van der Waals surface area contributed by atoms with Crippen LogP contribution in [0.5, 0.6) is 0 Å². The minimum atomic E-state index is -4.51. The summed E-state index contributed by atoms with van der Waals surface area (Å²) in [4.78, 5) is 0. The van der Waals surface area contributed by atoms with Gasteiger partial charge >= 0.3 is 300 Å². The zero-order chi connectivity index (χ0) is 36.6. The van der Waals surface area contributed by atoms with Gasteiger partial charge in [-0.05, 0) is 0 Å². The molecule has 0 fully saturated rings. The van der Waals surface area contributed by atoms with Crippen LogP contribution in [-0.4, -0.2) is 3.26 Å². The van der Waals surface area contributed by atoms with E-state index in [4.69, 9.17) is 0 Å². The fourth-order valence-corrected chi connectivity index (χ4v) is 20.9. The molecule has 0 nitrogen and oxygen atoms in total. The average Bonchev–Trinajstić information content (AvgIpc) is 3.64. The van der Waals surface area contributed by atoms with Gasteiger partial charge in [-0.25, -0.2) is 0 Å². The van der Waals surface area contributed by atoms with Crippen molar-refractivity contribution in [2.24, 2.45) is 0 Å². The van der Waals surface area contributed by atoms with Crippen molar-refractivity contribution in [1.29, 1.82) is 0 Å². The average molecular weight is 922 g/mol. The fourth-order valence-electron chi connectivity index (χ4n) is 7.77. The summed E-state index contributed by atoms with van der Waals surface area (Å²) in [7, 11) is 0. The molecule has 0 aliphatic heterocycles. The van der Waals surface area contributed by atoms with E-state index in [2.05, 4.69) is 91.8 Å². The summed E-state index contributed by atoms with van der Waals surface area (Å²) in [5.74, 6) is 0. The predicted octanol–water partition coefficient (Wildman–Crippen LogP) is 6.74. The summed E-state index contributed by atoms with van der Waals surface area (Å²) in [5.41, 5.74) is 9.19. The molecule has 0 atom stereocenters. The van der Waals surface area contributed by atoms with E-state index in [0.29, 0.717) is 17.5 Å². The smallest absolute Gasteiger partial charge is 1.00 e. The number of aryl methyl sites for hydroxylation is 2. The number of hydrogen-bond donors (Lipinski definition) is 0. The molecule has 0 N–H and O–H groups in total. The second kappa shape index (κ2) is 14.8. The number of allylic oxidation sites excluding steroid dienone is 4. The summed E-state index contributed by atoms with van der Waals surface area (Å²) in [6.45, 7) is 17.6. The Balaban J connectivity index is 0.00000302. The Morgan fingerprint density at radius 1 is 0.596 bits per heavy atom. The van der Waals surface area contributed by atoms with Crippen LogP contribution in [-0.2, 0) is 44.1 Å². The van der Waals surface area contributed by atoms with Crippen LogP contribution in [0.1, 0.15) is 107 Å². The van der Waals surface area contributed by atoms with Gasteiger partial charge in [-0.3, -0.25) is 0 Å². The number of benzene rings is 4. The Bertz CT molecular complexity index is 1940. The van der Waals surface area contributed by atoms with Gasteiger partial charge in [-0.15, -0.1) is 0 Å². The molecule has 2 aliphatic carbocycles. The molecule has 274 valence electrons. The molecule has 0 spiro atoms. The third-order valence-corrected chi connectivity index (χ3v) is 22.1. The van der Waals surface area contributed by atoms with E-state index in [1.165, 1.54) is 72.1 Å². The molecule has 0 bridgehead atoms. The predicted molar refractivity (Wildman–Crippen MR) is 189 cm³/mol. The van der Waals surface area contributed by atoms with Crippen LogP contribution in [0.2, 0.25) is 0 Å². The van der Waals surface area contributed by atoms with E-state index in [-0.39, 0.29) is 39.3 Å². The molecular formula is C43H42Cl2F6Hf. The molecule has 4 aromatic rings. The summed E-state index contributed by atoms with van der Waals surface area (Å²) in [5, 5.41) is 0. The van der Waals surface area contributed by atoms with Crippen molar-refractivity contribution in [3.8, 4) is 11.1 Å². The number of fused-ring (bicyclic) bond motifs is 3. The van der Waals surface area contributed by atoms with Gasteiger partial charge in [-0.2, -0.15) is 0 Å². The molecule has 6 rings (SSSR count). The molecule has 0 aromatic heterocycles. The zero-order valence-corrected chi connectivity index (χ0v) is 35.6. The maximum Gasteiger partial charge on any atom is -1.00 e. The SMILES string of the molecule is Cc1cc2c(cc1C(C)(C)C)-c1cc(C(C)(C)C)c(C)cc1[CH]2[Hf+2]([C]1=CC=CC1)=[C](c1ccc(C(F)(F)F)cc1)c1ccc(C(F)(F)F)cc1.[Cl-].[Cl-]. The first-order valence-electron chi connectivity index (χ1n) is 16.9. The van der Waals surface area contributed by atoms with Crippen molar-refractivity contribution in [2.75, 3.05) is 0 Å². The fraction of sp³-hybridized carbons (Fsp3) is 0.326. The van der Waals surface area contributed by atoms with E-state index < -0.39 is 44.4 Å². The zero-order valence-electron chi connectivity index (χ0n) is 30.5. The number of hydrogen-bond acceptors (Lipinski definition) is 0. The summed E-state index contributed by atoms with van der Waals surface area (Å²) < 4.78 is 84.8. The quantitative estimate of drug-likeness (QED) is 0.157. The number of rotatable bonds is 4. The largest absolute Gasteiger partial charge is 1.00 e. The molecule has 0 radical (unpaired) electrons. The first-order valence-corrected chi connectivity index (χ1v) is 22.6. The molecule has 0 unspecified atom stereocenters. The van der Waals surface area contributed by atoms with Crippen LogP contribution in [0.25, 0.3) is 11.1 Å². The normalized spacial score (nSPS) is 14.1. The minimum absolute atomic E-state index is 0. The van der Waals surface area contributed by atoms with Gasteiger partial charge < -0.3 is 24.8 Å². The third-order valence-electron chi connectivity index (χ3n) is 10.00. The Morgan fingerprint density at radius 3 is 1.29 bits per heavy atom. The second-order valence-corrected chi connectivity index (χ2v) is 24.9. The molecule has 52 heavy (non-hydrogen) atoms. The van der Waals surface area contributed by atoms with Crippen LogP contribution in [0.4, 0.5) is 26.3 Å². The molecular weight excluding hydrogens is 880 g/mol. The van der Waals surface area contributed by atoms with Crippen LogP contribution in [0.15, 0.2) is 94.4 Å². The van der Waals surface area contributed by atoms with Gasteiger partial charge in [0.1, 0.15) is 0 Å². The number of halogens is 8. The van der Waals surface area contributed by atoms with E-state index in [1.54, 1.807) is 0 Å². The summed E-state index contributed by atoms with van der Waals surface area (Å²) in [6, 6.07) is 19.8. The minimum Gasteiger partial charge on any atom is -1.00 e. The van der Waals surface area contributed by atoms with Gasteiger partial charge in [0.15, 0.2) is 0 Å². The first kappa shape index (κ1) is 42.0. The van der Waals surface area contributed by atoms with Crippen molar-refractivity contribution in [3.05, 3.63) is 150 Å². The molecule has 0 amide bonds. The molecule has 2 aliphatic rings. The van der Waals surface area contributed by atoms with Crippen molar-refractivity contribution in [3.63, 3.8) is 0 Å². The van der Waals surface area contributed by atoms with Crippen molar-refractivity contribution < 1.29 is 72.1 Å². The second-order valence-electron chi connectivity index (χ2n) is 15.7. The Labute approximate surface area is 323 Å². The van der Waals surface area contributed by atoms with Gasteiger partial charge in [0, 0.05) is 0 Å². The maximum atomic E-state index is 13.8. The first-order chi connectivity index (χ1) is 23.2. The Kier molecular flexibility index (Phi) is 12.0. The Hall–Kier alpha value is -2.74. The van der Waals surface area contributed by atoms with Gasteiger partial charge in [0.25, 0.3) is 0 Å².